The highest BCUT2D eigenvalue weighted by molar-refractivity contribution is 5.44. The monoisotopic (exact) mass is 398 g/mol. The van der Waals surface area contributed by atoms with Crippen molar-refractivity contribution in [3.05, 3.63) is 28.8 Å². The van der Waals surface area contributed by atoms with E-state index in [2.05, 4.69) is 17.6 Å². The first-order valence-electron chi connectivity index (χ1n) is 10.3. The molecule has 0 unspecified atom stereocenters. The number of aliphatic hydroxyl groups is 4. The number of aromatic hydroxyl groups is 1. The van der Waals surface area contributed by atoms with E-state index in [9.17, 15) is 25.5 Å². The minimum atomic E-state index is -2.05. The molecule has 1 aromatic rings. The van der Waals surface area contributed by atoms with E-state index in [1.54, 1.807) is 12.1 Å². The first-order valence-corrected chi connectivity index (χ1v) is 10.3. The Morgan fingerprint density at radius 1 is 0.750 bits per heavy atom. The number of benzene rings is 1. The molecule has 0 atom stereocenters. The number of phenols is 1. The first-order chi connectivity index (χ1) is 13.0. The summed E-state index contributed by atoms with van der Waals surface area (Å²) in [7, 11) is 0. The highest BCUT2D eigenvalue weighted by atomic mass is 16.5. The second-order valence-electron chi connectivity index (χ2n) is 7.82. The summed E-state index contributed by atoms with van der Waals surface area (Å²) in [5.41, 5.74) is 2.24. The molecule has 0 saturated carbocycles. The van der Waals surface area contributed by atoms with Crippen molar-refractivity contribution in [3.8, 4) is 5.75 Å². The van der Waals surface area contributed by atoms with Gasteiger partial charge in [0.15, 0.2) is 0 Å². The molecule has 0 fully saturated rings. The Morgan fingerprint density at radius 2 is 1.29 bits per heavy atom. The van der Waals surface area contributed by atoms with Crippen LogP contribution in [0.5, 0.6) is 5.75 Å². The summed E-state index contributed by atoms with van der Waals surface area (Å²) in [6.45, 7) is 4.94. The van der Waals surface area contributed by atoms with Gasteiger partial charge in [0.05, 0.1) is 0 Å². The minimum absolute atomic E-state index is 0.133. The van der Waals surface area contributed by atoms with Crippen LogP contribution in [0.2, 0.25) is 0 Å². The summed E-state index contributed by atoms with van der Waals surface area (Å²) in [6.07, 6.45) is 8.80. The van der Waals surface area contributed by atoms with Crippen LogP contribution >= 0.6 is 0 Å². The maximum absolute atomic E-state index is 10.4. The minimum Gasteiger partial charge on any atom is -0.508 e. The van der Waals surface area contributed by atoms with E-state index in [0.29, 0.717) is 6.42 Å². The topological polar surface area (TPSA) is 125 Å². The molecule has 0 aromatic heterocycles. The van der Waals surface area contributed by atoms with E-state index in [4.69, 9.17) is 0 Å². The fourth-order valence-electron chi connectivity index (χ4n) is 3.17. The number of rotatable bonds is 14. The van der Waals surface area contributed by atoms with Crippen LogP contribution in [-0.4, -0.2) is 37.4 Å². The van der Waals surface area contributed by atoms with Crippen LogP contribution in [0.3, 0.4) is 0 Å². The van der Waals surface area contributed by atoms with Crippen LogP contribution in [0, 0.1) is 0 Å². The molecular weight excluding hydrogens is 360 g/mol. The first kappa shape index (κ1) is 24.8. The van der Waals surface area contributed by atoms with Gasteiger partial charge < -0.3 is 25.5 Å². The van der Waals surface area contributed by atoms with Crippen molar-refractivity contribution in [2.24, 2.45) is 0 Å². The van der Waals surface area contributed by atoms with E-state index in [-0.39, 0.29) is 18.8 Å². The second-order valence-corrected chi connectivity index (χ2v) is 7.82. The molecule has 28 heavy (non-hydrogen) atoms. The maximum Gasteiger partial charge on any atom is 0.219 e. The average molecular weight is 399 g/mol. The number of hydrogen-bond acceptors (Lipinski definition) is 7. The van der Waals surface area contributed by atoms with Crippen molar-refractivity contribution in [1.82, 2.24) is 10.6 Å². The van der Waals surface area contributed by atoms with Crippen molar-refractivity contribution >= 4 is 0 Å². The summed E-state index contributed by atoms with van der Waals surface area (Å²) in [5.74, 6) is -3.90. The average Bonchev–Trinajstić information content (AvgIpc) is 2.58. The molecule has 0 aliphatic carbocycles. The van der Waals surface area contributed by atoms with Crippen LogP contribution in [0.25, 0.3) is 0 Å². The molecule has 0 radical (unpaired) electrons. The largest absolute Gasteiger partial charge is 0.508 e. The summed E-state index contributed by atoms with van der Waals surface area (Å²) in [5, 5.41) is 53.8. The molecule has 0 amide bonds. The molecular formula is C21H38N2O5. The summed E-state index contributed by atoms with van der Waals surface area (Å²) in [6, 6.07) is 3.30. The van der Waals surface area contributed by atoms with Gasteiger partial charge in [-0.05, 0) is 35.6 Å². The van der Waals surface area contributed by atoms with Gasteiger partial charge >= 0.3 is 0 Å². The standard InChI is InChI=1S/C21H38N2O5/c1-4-5-6-7-8-9-10-11-17-18(15-23-21(3,27)28)16(12-13-19(17)24)14-22-20(2,25)26/h12-13,22-28H,4-11,14-15H2,1-3H3. The van der Waals surface area contributed by atoms with Crippen LogP contribution in [0.4, 0.5) is 0 Å². The molecule has 1 rings (SSSR count). The molecule has 7 heteroatoms. The van der Waals surface area contributed by atoms with E-state index >= 15 is 0 Å². The quantitative estimate of drug-likeness (QED) is 0.189. The Morgan fingerprint density at radius 3 is 1.86 bits per heavy atom. The van der Waals surface area contributed by atoms with Crippen molar-refractivity contribution < 1.29 is 25.5 Å². The molecule has 1 aromatic carbocycles. The third kappa shape index (κ3) is 10.4. The Balaban J connectivity index is 2.85. The van der Waals surface area contributed by atoms with Gasteiger partial charge in [0.1, 0.15) is 5.75 Å². The van der Waals surface area contributed by atoms with Gasteiger partial charge in [0.25, 0.3) is 0 Å². The Kier molecular flexibility index (Phi) is 10.4. The Labute approximate surface area is 168 Å². The van der Waals surface area contributed by atoms with Gasteiger partial charge in [-0.3, -0.25) is 10.6 Å². The fourth-order valence-corrected chi connectivity index (χ4v) is 3.17. The summed E-state index contributed by atoms with van der Waals surface area (Å²) >= 11 is 0. The van der Waals surface area contributed by atoms with Crippen LogP contribution in [-0.2, 0) is 19.5 Å². The predicted molar refractivity (Wildman–Crippen MR) is 109 cm³/mol. The normalized spacial score (nSPS) is 12.5. The lowest BCUT2D eigenvalue weighted by Gasteiger charge is -2.24. The highest BCUT2D eigenvalue weighted by Gasteiger charge is 2.20. The number of unbranched alkanes of at least 4 members (excludes halogenated alkanes) is 6. The van der Waals surface area contributed by atoms with Gasteiger partial charge in [0, 0.05) is 26.9 Å². The van der Waals surface area contributed by atoms with Gasteiger partial charge in [-0.15, -0.1) is 0 Å². The molecule has 0 spiro atoms. The zero-order valence-electron chi connectivity index (χ0n) is 17.5. The van der Waals surface area contributed by atoms with Gasteiger partial charge in [-0.1, -0.05) is 51.5 Å². The smallest absolute Gasteiger partial charge is 0.219 e. The number of phenolic OH excluding ortho intramolecular Hbond substituents is 1. The molecule has 0 heterocycles. The number of hydrogen-bond donors (Lipinski definition) is 7. The third-order valence-electron chi connectivity index (χ3n) is 4.75. The van der Waals surface area contributed by atoms with E-state index in [1.165, 1.54) is 39.5 Å². The second kappa shape index (κ2) is 11.7. The zero-order chi connectivity index (χ0) is 21.2. The molecule has 0 saturated heterocycles. The summed E-state index contributed by atoms with van der Waals surface area (Å²) in [4.78, 5) is 0. The predicted octanol–water partition coefficient (Wildman–Crippen LogP) is 2.18. The van der Waals surface area contributed by atoms with Crippen molar-refractivity contribution in [3.63, 3.8) is 0 Å². The van der Waals surface area contributed by atoms with E-state index in [0.717, 1.165) is 36.0 Å². The van der Waals surface area contributed by atoms with Gasteiger partial charge in [-0.25, -0.2) is 0 Å². The maximum atomic E-state index is 10.4. The molecule has 7 N–H and O–H groups in total. The molecule has 162 valence electrons. The molecule has 0 bridgehead atoms. The van der Waals surface area contributed by atoms with Crippen LogP contribution in [0.15, 0.2) is 12.1 Å². The van der Waals surface area contributed by atoms with Gasteiger partial charge in [-0.2, -0.15) is 0 Å². The molecule has 0 aliphatic heterocycles. The highest BCUT2D eigenvalue weighted by Crippen LogP contribution is 2.28. The van der Waals surface area contributed by atoms with Crippen LogP contribution in [0.1, 0.15) is 82.4 Å². The summed E-state index contributed by atoms with van der Waals surface area (Å²) < 4.78 is 0. The molecule has 0 aliphatic rings. The van der Waals surface area contributed by atoms with E-state index in [1.807, 2.05) is 0 Å². The van der Waals surface area contributed by atoms with Gasteiger partial charge in [0.2, 0.25) is 11.8 Å². The zero-order valence-corrected chi connectivity index (χ0v) is 17.5. The Hall–Kier alpha value is -1.22. The molecule has 7 nitrogen and oxygen atoms in total. The van der Waals surface area contributed by atoms with Crippen molar-refractivity contribution in [2.45, 2.75) is 97.0 Å². The Bertz CT molecular complexity index is 579. The lowest BCUT2D eigenvalue weighted by atomic mass is 9.94. The lowest BCUT2D eigenvalue weighted by Crippen LogP contribution is -2.43. The van der Waals surface area contributed by atoms with Crippen LogP contribution < -0.4 is 10.6 Å². The lowest BCUT2D eigenvalue weighted by molar-refractivity contribution is -0.172. The SMILES string of the molecule is CCCCCCCCCc1c(O)ccc(CNC(C)(O)O)c1CNC(C)(O)O. The van der Waals surface area contributed by atoms with Crippen molar-refractivity contribution in [1.29, 1.82) is 0 Å². The fraction of sp³-hybridized carbons (Fsp3) is 0.714. The van der Waals surface area contributed by atoms with E-state index < -0.39 is 11.8 Å². The number of nitrogens with one attached hydrogen (secondary N) is 2. The van der Waals surface area contributed by atoms with Crippen molar-refractivity contribution in [2.75, 3.05) is 0 Å². The third-order valence-corrected chi connectivity index (χ3v) is 4.75.